The average molecular weight is 145 g/mol. The van der Waals surface area contributed by atoms with Gasteiger partial charge in [0.25, 0.3) is 0 Å². The minimum Gasteiger partial charge on any atom is -0.341 e. The molecule has 52 valence electrons. The zero-order valence-corrected chi connectivity index (χ0v) is 6.41. The molecule has 0 aromatic rings. The molecular weight excluding hydrogens is 134 g/mol. The van der Waals surface area contributed by atoms with Crippen LogP contribution in [0.5, 0.6) is 0 Å². The first kappa shape index (κ1) is 6.93. The Balaban J connectivity index is 2.06. The van der Waals surface area contributed by atoms with Crippen LogP contribution in [0.3, 0.4) is 0 Å². The summed E-state index contributed by atoms with van der Waals surface area (Å²) in [6.45, 7) is 1.93. The lowest BCUT2D eigenvalue weighted by atomic mass is 10.2. The number of β-lactam (4-membered cyclic amide) rings is 1. The second-order valence-corrected chi connectivity index (χ2v) is 3.11. The molecule has 1 rings (SSSR count). The van der Waals surface area contributed by atoms with Crippen LogP contribution in [0, 0.1) is 0 Å². The van der Waals surface area contributed by atoms with Gasteiger partial charge in [-0.05, 0) is 6.26 Å². The number of carbonyl (C=O) groups is 1. The van der Waals surface area contributed by atoms with Crippen molar-refractivity contribution in [1.82, 2.24) is 4.90 Å². The van der Waals surface area contributed by atoms with Crippen molar-refractivity contribution in [3.8, 4) is 0 Å². The van der Waals surface area contributed by atoms with E-state index < -0.39 is 0 Å². The molecule has 0 unspecified atom stereocenters. The molecule has 3 heteroatoms. The third-order valence-corrected chi connectivity index (χ3v) is 2.10. The van der Waals surface area contributed by atoms with Crippen LogP contribution >= 0.6 is 11.8 Å². The Kier molecular flexibility index (Phi) is 2.39. The van der Waals surface area contributed by atoms with Crippen molar-refractivity contribution in [3.63, 3.8) is 0 Å². The van der Waals surface area contributed by atoms with Gasteiger partial charge in [0.15, 0.2) is 0 Å². The highest BCUT2D eigenvalue weighted by atomic mass is 32.2. The molecule has 0 N–H and O–H groups in total. The third-order valence-electron chi connectivity index (χ3n) is 1.51. The van der Waals surface area contributed by atoms with Gasteiger partial charge in [-0.3, -0.25) is 4.79 Å². The van der Waals surface area contributed by atoms with Crippen LogP contribution in [0.25, 0.3) is 0 Å². The van der Waals surface area contributed by atoms with E-state index in [0.29, 0.717) is 5.91 Å². The summed E-state index contributed by atoms with van der Waals surface area (Å²) in [5.41, 5.74) is 0. The van der Waals surface area contributed by atoms with Crippen molar-refractivity contribution < 1.29 is 4.79 Å². The van der Waals surface area contributed by atoms with Gasteiger partial charge in [-0.1, -0.05) is 0 Å². The van der Waals surface area contributed by atoms with Crippen molar-refractivity contribution in [2.45, 2.75) is 6.42 Å². The molecule has 1 saturated heterocycles. The van der Waals surface area contributed by atoms with Gasteiger partial charge in [-0.15, -0.1) is 0 Å². The largest absolute Gasteiger partial charge is 0.341 e. The van der Waals surface area contributed by atoms with E-state index in [1.165, 1.54) is 0 Å². The summed E-state index contributed by atoms with van der Waals surface area (Å²) < 4.78 is 0. The first-order valence-electron chi connectivity index (χ1n) is 3.11. The van der Waals surface area contributed by atoms with Gasteiger partial charge in [-0.2, -0.15) is 11.8 Å². The number of likely N-dealkylation sites (tertiary alicyclic amines) is 1. The Labute approximate surface area is 59.6 Å². The van der Waals surface area contributed by atoms with Crippen LogP contribution in [-0.4, -0.2) is 35.9 Å². The van der Waals surface area contributed by atoms with Gasteiger partial charge in [0.1, 0.15) is 0 Å². The fourth-order valence-electron chi connectivity index (χ4n) is 0.799. The molecule has 1 amide bonds. The zero-order valence-electron chi connectivity index (χ0n) is 5.59. The monoisotopic (exact) mass is 145 g/mol. The van der Waals surface area contributed by atoms with Crippen molar-refractivity contribution >= 4 is 17.7 Å². The first-order chi connectivity index (χ1) is 4.34. The van der Waals surface area contributed by atoms with Crippen molar-refractivity contribution in [3.05, 3.63) is 0 Å². The van der Waals surface area contributed by atoms with Crippen LogP contribution in [0.2, 0.25) is 0 Å². The van der Waals surface area contributed by atoms with E-state index in [1.807, 2.05) is 4.90 Å². The Morgan fingerprint density at radius 1 is 1.78 bits per heavy atom. The first-order valence-corrected chi connectivity index (χ1v) is 4.50. The molecule has 0 spiro atoms. The molecule has 0 aromatic heterocycles. The highest BCUT2D eigenvalue weighted by Crippen LogP contribution is 2.08. The quantitative estimate of drug-likeness (QED) is 0.541. The minimum atomic E-state index is 0.323. The van der Waals surface area contributed by atoms with Crippen LogP contribution in [-0.2, 0) is 4.79 Å². The molecule has 0 bridgehead atoms. The van der Waals surface area contributed by atoms with Gasteiger partial charge < -0.3 is 4.90 Å². The molecule has 9 heavy (non-hydrogen) atoms. The van der Waals surface area contributed by atoms with Gasteiger partial charge in [-0.25, -0.2) is 0 Å². The summed E-state index contributed by atoms with van der Waals surface area (Å²) in [5, 5.41) is 0. The SMILES string of the molecule is CSCCN1CCC1=O. The summed E-state index contributed by atoms with van der Waals surface area (Å²) >= 11 is 1.79. The zero-order chi connectivity index (χ0) is 6.69. The van der Waals surface area contributed by atoms with Gasteiger partial charge in [0, 0.05) is 25.3 Å². The average Bonchev–Trinajstić information content (AvgIpc) is 1.86. The van der Waals surface area contributed by atoms with E-state index in [0.717, 1.165) is 25.3 Å². The molecule has 0 saturated carbocycles. The summed E-state index contributed by atoms with van der Waals surface area (Å²) in [4.78, 5) is 12.6. The summed E-state index contributed by atoms with van der Waals surface area (Å²) in [6, 6.07) is 0. The van der Waals surface area contributed by atoms with Crippen molar-refractivity contribution in [2.75, 3.05) is 25.1 Å². The molecule has 1 aliphatic heterocycles. The van der Waals surface area contributed by atoms with Crippen LogP contribution < -0.4 is 0 Å². The van der Waals surface area contributed by atoms with E-state index in [9.17, 15) is 4.79 Å². The summed E-state index contributed by atoms with van der Waals surface area (Å²) in [7, 11) is 0. The lowest BCUT2D eigenvalue weighted by Gasteiger charge is -2.30. The highest BCUT2D eigenvalue weighted by molar-refractivity contribution is 7.98. The van der Waals surface area contributed by atoms with E-state index in [-0.39, 0.29) is 0 Å². The van der Waals surface area contributed by atoms with E-state index in [1.54, 1.807) is 11.8 Å². The highest BCUT2D eigenvalue weighted by Gasteiger charge is 2.21. The number of hydrogen-bond acceptors (Lipinski definition) is 2. The molecule has 0 radical (unpaired) electrons. The minimum absolute atomic E-state index is 0.323. The Morgan fingerprint density at radius 2 is 2.56 bits per heavy atom. The van der Waals surface area contributed by atoms with E-state index >= 15 is 0 Å². The maximum atomic E-state index is 10.7. The number of nitrogens with zero attached hydrogens (tertiary/aromatic N) is 1. The molecule has 0 aromatic carbocycles. The molecule has 1 heterocycles. The normalized spacial score (nSPS) is 17.9. The smallest absolute Gasteiger partial charge is 0.224 e. The molecule has 1 fully saturated rings. The lowest BCUT2D eigenvalue weighted by Crippen LogP contribution is -2.44. The van der Waals surface area contributed by atoms with E-state index in [2.05, 4.69) is 6.26 Å². The van der Waals surface area contributed by atoms with Crippen molar-refractivity contribution in [1.29, 1.82) is 0 Å². The third kappa shape index (κ3) is 1.61. The number of carbonyl (C=O) groups excluding carboxylic acids is 1. The Bertz CT molecular complexity index is 116. The topological polar surface area (TPSA) is 20.3 Å². The molecular formula is C6H11NOS. The lowest BCUT2D eigenvalue weighted by molar-refractivity contribution is -0.139. The second-order valence-electron chi connectivity index (χ2n) is 2.12. The van der Waals surface area contributed by atoms with Crippen LogP contribution in [0.1, 0.15) is 6.42 Å². The number of thioether (sulfide) groups is 1. The molecule has 0 atom stereocenters. The van der Waals surface area contributed by atoms with Crippen LogP contribution in [0.4, 0.5) is 0 Å². The van der Waals surface area contributed by atoms with Gasteiger partial charge in [0.2, 0.25) is 5.91 Å². The summed E-state index contributed by atoms with van der Waals surface area (Å²) in [5.74, 6) is 1.40. The van der Waals surface area contributed by atoms with E-state index in [4.69, 9.17) is 0 Å². The maximum Gasteiger partial charge on any atom is 0.224 e. The maximum absolute atomic E-state index is 10.7. The fourth-order valence-corrected chi connectivity index (χ4v) is 1.20. The number of hydrogen-bond donors (Lipinski definition) is 0. The van der Waals surface area contributed by atoms with Crippen LogP contribution in [0.15, 0.2) is 0 Å². The molecule has 2 nitrogen and oxygen atoms in total. The Hall–Kier alpha value is -0.180. The predicted octanol–water partition coefficient (Wildman–Crippen LogP) is 0.582. The fraction of sp³-hybridized carbons (Fsp3) is 0.833. The number of amides is 1. The van der Waals surface area contributed by atoms with Gasteiger partial charge in [0.05, 0.1) is 0 Å². The van der Waals surface area contributed by atoms with Crippen molar-refractivity contribution in [2.24, 2.45) is 0 Å². The predicted molar refractivity (Wildman–Crippen MR) is 39.6 cm³/mol. The summed E-state index contributed by atoms with van der Waals surface area (Å²) in [6.07, 6.45) is 2.83. The molecule has 0 aliphatic carbocycles. The standard InChI is InChI=1S/C6H11NOS/c1-9-5-4-7-3-2-6(7)8/h2-5H2,1H3. The second kappa shape index (κ2) is 3.11. The number of rotatable bonds is 3. The Morgan fingerprint density at radius 3 is 2.89 bits per heavy atom. The van der Waals surface area contributed by atoms with Gasteiger partial charge >= 0.3 is 0 Å². The molecule has 1 aliphatic rings.